The van der Waals surface area contributed by atoms with Crippen LogP contribution in [0.15, 0.2) is 115 Å². The number of ether oxygens (including phenoxy) is 7. The lowest BCUT2D eigenvalue weighted by Crippen LogP contribution is -2.66. The van der Waals surface area contributed by atoms with E-state index in [1.54, 1.807) is 19.0 Å². The van der Waals surface area contributed by atoms with Gasteiger partial charge in [-0.25, -0.2) is 4.79 Å². The first-order valence-electron chi connectivity index (χ1n) is 41.5. The number of carboxylic acid groups (broad SMARTS) is 1. The third kappa shape index (κ3) is 22.0. The SMILES string of the molecule is CN[C@H]1C(=O)N[C@@H]2Cc3ccc(cc3)Oc3cc4cc(c3O[C@@H]3O[C@H](C(=O)O)[C@@H](O)[C@H](O)[C@H]3NC(=O)CCCCCCCCC(C)C)Oc3ccc(cc3Cl)[C@@H](O)[C@@H]3NC(=O)[C@H](NC(=O)[C@@H]4NC(=O)[C@@H](NC2=O)c2cc(cc(O)c2Cl)Oc2cc1ccc2O)c1ccc(O)c(c1)-c1c(O[C@H]2O[C@H](CO)[C@@H](O)[C@H](O)[C@@H]2O)cc(O)cc1C(C(=O)NCCCN(C)C)NC3=O.Cl. The van der Waals surface area contributed by atoms with Gasteiger partial charge in [-0.05, 0) is 153 Å². The maximum absolute atomic E-state index is 16.8. The molecule has 0 aromatic heterocycles. The van der Waals surface area contributed by atoms with Gasteiger partial charge in [-0.15, -0.1) is 12.4 Å². The summed E-state index contributed by atoms with van der Waals surface area (Å²) in [5, 5.41) is 161. The Hall–Kier alpha value is -11.6. The van der Waals surface area contributed by atoms with Gasteiger partial charge < -0.3 is 147 Å². The number of unbranched alkanes of at least 4 members (excludes halogenated alkanes) is 5. The van der Waals surface area contributed by atoms with Gasteiger partial charge in [0, 0.05) is 48.2 Å². The first kappa shape index (κ1) is 96.5. The standard InChI is InChI=1S/C88H100Cl2N10O28.ClH/c1-38(2)13-10-8-6-7-9-11-14-61(106)94-70-73(109)75(111)78(86(120)121)128-87(70)127-77-58-31-43-32-59(77)124-55-24-19-42(29-50(55)89)71(107)69-85(119)98-67(80(114)92-25-12-26-100(4)5)48-33-44(102)34-57(125-88-76(112)74(110)72(108)60(37-101)126-88)62(48)47-28-40(17-22-52(47)103)65(82(116)99-69)95-83(117)66(43)96-84(118)68-49-35-46(36-54(105)63(49)90)123-56-30-41(18-23-53(56)104)64(91-3)81(115)93-51(79(113)97-68)27-39-15-20-45(122-58)21-16-39;/h15-24,28-36,38,51,60,64-76,78,87-88,91,101-105,107-112H,6-14,25-27,37H2,1-5H3,(H,92,114)(H,93,115)(H,94,106)(H,95,117)(H,96,118)(H,97,113)(H,98,119)(H,99,116)(H,120,121);1H/t51-,60-,64-,65-,66-,67?,68+,69+,70-,71-,72-,73-,74+,75+,76+,78+,87-,88+;/m1./s1. The number of likely N-dealkylation sites (N-methyl/N-ethyl adjacent to an activating group) is 1. The predicted molar refractivity (Wildman–Crippen MR) is 459 cm³/mol. The van der Waals surface area contributed by atoms with Crippen molar-refractivity contribution in [3.63, 3.8) is 0 Å². The van der Waals surface area contributed by atoms with Crippen molar-refractivity contribution in [2.24, 2.45) is 5.92 Å². The minimum Gasteiger partial charge on any atom is -0.508 e. The fourth-order valence-electron chi connectivity index (χ4n) is 15.9. The van der Waals surface area contributed by atoms with Crippen LogP contribution in [-0.2, 0) is 59.0 Å². The number of rotatable bonds is 22. The molecule has 0 saturated carbocycles. The molecule has 129 heavy (non-hydrogen) atoms. The molecule has 41 heteroatoms. The van der Waals surface area contributed by atoms with Crippen molar-refractivity contribution in [3.8, 4) is 80.1 Å². The second kappa shape index (κ2) is 41.9. The van der Waals surface area contributed by atoms with Gasteiger partial charge in [-0.1, -0.05) is 106 Å². The van der Waals surface area contributed by atoms with E-state index >= 15 is 28.8 Å². The molecule has 692 valence electrons. The van der Waals surface area contributed by atoms with Crippen LogP contribution in [-0.4, -0.2) is 234 Å². The predicted octanol–water partition coefficient (Wildman–Crippen LogP) is 4.59. The van der Waals surface area contributed by atoms with Crippen LogP contribution in [0.3, 0.4) is 0 Å². The Kier molecular flexibility index (Phi) is 31.3. The first-order chi connectivity index (χ1) is 61.1. The van der Waals surface area contributed by atoms with E-state index in [9.17, 15) is 75.7 Å². The lowest BCUT2D eigenvalue weighted by Gasteiger charge is -2.41. The number of nitrogens with one attached hydrogen (secondary N) is 9. The third-order valence-electron chi connectivity index (χ3n) is 22.7. The zero-order valence-corrected chi connectivity index (χ0v) is 72.5. The summed E-state index contributed by atoms with van der Waals surface area (Å²) in [4.78, 5) is 140. The van der Waals surface area contributed by atoms with E-state index in [1.807, 2.05) is 0 Å². The highest BCUT2D eigenvalue weighted by Gasteiger charge is 2.52. The monoisotopic (exact) mass is 1850 g/mol. The summed E-state index contributed by atoms with van der Waals surface area (Å²) in [5.41, 5.74) is -2.68. The minimum absolute atomic E-state index is 0. The number of phenols is 4. The molecule has 2 fully saturated rings. The molecule has 8 amide bonds. The Morgan fingerprint density at radius 2 is 1.21 bits per heavy atom. The maximum atomic E-state index is 16.8. The van der Waals surface area contributed by atoms with Crippen molar-refractivity contribution in [1.82, 2.24) is 52.8 Å². The fraction of sp³-hybridized carbons (Fsp3) is 0.420. The lowest BCUT2D eigenvalue weighted by molar-refractivity contribution is -0.277. The highest BCUT2D eigenvalue weighted by Crippen LogP contribution is 2.51. The first-order valence-corrected chi connectivity index (χ1v) is 42.3. The zero-order valence-electron chi connectivity index (χ0n) is 70.1. The molecule has 0 radical (unpaired) electrons. The fourth-order valence-corrected chi connectivity index (χ4v) is 16.4. The molecule has 8 aliphatic heterocycles. The van der Waals surface area contributed by atoms with Gasteiger partial charge in [-0.2, -0.15) is 0 Å². The molecule has 2 saturated heterocycles. The molecule has 1 unspecified atom stereocenters. The van der Waals surface area contributed by atoms with Crippen molar-refractivity contribution in [1.29, 1.82) is 0 Å². The lowest BCUT2D eigenvalue weighted by atomic mass is 9.89. The Labute approximate surface area is 754 Å². The number of aliphatic hydroxyl groups is 7. The van der Waals surface area contributed by atoms with Crippen molar-refractivity contribution in [3.05, 3.63) is 164 Å². The van der Waals surface area contributed by atoms with Gasteiger partial charge in [0.05, 0.1) is 16.7 Å². The molecule has 8 aliphatic rings. The molecular formula is C88H101Cl3N10O28. The molecule has 21 N–H and O–H groups in total. The summed E-state index contributed by atoms with van der Waals surface area (Å²) >= 11 is 14.3. The number of hydrogen-bond acceptors (Lipinski definition) is 29. The van der Waals surface area contributed by atoms with E-state index in [1.165, 1.54) is 49.5 Å². The van der Waals surface area contributed by atoms with Crippen molar-refractivity contribution in [2.45, 2.75) is 188 Å². The summed E-state index contributed by atoms with van der Waals surface area (Å²) < 4.78 is 44.5. The average molecular weight is 1850 g/mol. The average Bonchev–Trinajstić information content (AvgIpc) is 0.752. The van der Waals surface area contributed by atoms with Crippen LogP contribution in [0.4, 0.5) is 0 Å². The van der Waals surface area contributed by atoms with Crippen molar-refractivity contribution in [2.75, 3.05) is 40.8 Å². The van der Waals surface area contributed by atoms with Gasteiger partial charge in [0.1, 0.15) is 131 Å². The summed E-state index contributed by atoms with van der Waals surface area (Å²) in [6.07, 6.45) is -15.8. The zero-order chi connectivity index (χ0) is 92.0. The van der Waals surface area contributed by atoms with Gasteiger partial charge in [0.25, 0.3) is 0 Å². The van der Waals surface area contributed by atoms with Crippen LogP contribution < -0.4 is 71.5 Å². The minimum atomic E-state index is -2.45. The number of carbonyl (C=O) groups is 9. The summed E-state index contributed by atoms with van der Waals surface area (Å²) in [6, 6.07) is 5.68. The molecule has 0 spiro atoms. The molecule has 7 aromatic rings. The van der Waals surface area contributed by atoms with Crippen LogP contribution in [0, 0.1) is 5.92 Å². The number of nitrogens with zero attached hydrogens (tertiary/aromatic N) is 1. The third-order valence-corrected chi connectivity index (χ3v) is 23.4. The molecule has 7 aromatic carbocycles. The van der Waals surface area contributed by atoms with Crippen LogP contribution >= 0.6 is 35.6 Å². The summed E-state index contributed by atoms with van der Waals surface area (Å²) in [7, 11) is 4.95. The topological polar surface area (TPSA) is 573 Å². The maximum Gasteiger partial charge on any atom is 0.335 e. The van der Waals surface area contributed by atoms with E-state index in [-0.39, 0.29) is 60.2 Å². The van der Waals surface area contributed by atoms with Gasteiger partial charge in [-0.3, -0.25) is 38.4 Å². The van der Waals surface area contributed by atoms with E-state index in [4.69, 9.17) is 56.4 Å². The number of halogens is 3. The largest absolute Gasteiger partial charge is 0.508 e. The highest BCUT2D eigenvalue weighted by atomic mass is 35.5. The smallest absolute Gasteiger partial charge is 0.335 e. The number of aliphatic carboxylic acids is 1. The van der Waals surface area contributed by atoms with Crippen molar-refractivity contribution < 1.29 is 138 Å². The molecule has 8 heterocycles. The number of fused-ring (bicyclic) bond motifs is 14. The number of carbonyl (C=O) groups excluding carboxylic acids is 8. The number of phenolic OH excluding ortho intramolecular Hbond substituents is 4. The molecule has 18 atom stereocenters. The number of aliphatic hydroxyl groups excluding tert-OH is 7. The number of benzene rings is 7. The molecule has 0 aliphatic carbocycles. The van der Waals surface area contributed by atoms with E-state index in [2.05, 4.69) is 61.7 Å². The van der Waals surface area contributed by atoms with Gasteiger partial charge >= 0.3 is 5.97 Å². The Bertz CT molecular complexity index is 5350. The number of carboxylic acids is 1. The van der Waals surface area contributed by atoms with E-state index in [0.717, 1.165) is 105 Å². The molecular weight excluding hydrogens is 1750 g/mol. The Balaban J connectivity index is 0.0000151. The van der Waals surface area contributed by atoms with Gasteiger partial charge in [0.15, 0.2) is 29.1 Å². The van der Waals surface area contributed by atoms with Crippen LogP contribution in [0.2, 0.25) is 10.0 Å². The van der Waals surface area contributed by atoms with Gasteiger partial charge in [0.2, 0.25) is 65.6 Å². The highest BCUT2D eigenvalue weighted by molar-refractivity contribution is 6.33. The van der Waals surface area contributed by atoms with Crippen LogP contribution in [0.1, 0.15) is 147 Å². The second-order valence-electron chi connectivity index (χ2n) is 32.7. The number of aromatic hydroxyl groups is 4. The molecule has 38 nitrogen and oxygen atoms in total. The second-order valence-corrected chi connectivity index (χ2v) is 33.5. The number of hydrogen-bond donors (Lipinski definition) is 21. The number of amides is 8. The van der Waals surface area contributed by atoms with Crippen LogP contribution in [0.25, 0.3) is 11.1 Å². The Morgan fingerprint density at radius 3 is 1.90 bits per heavy atom. The molecule has 17 bridgehead atoms. The molecule has 15 rings (SSSR count). The quantitative estimate of drug-likeness (QED) is 0.0413. The van der Waals surface area contributed by atoms with Crippen molar-refractivity contribution >= 4 is 88.8 Å². The normalized spacial score (nSPS) is 25.6. The summed E-state index contributed by atoms with van der Waals surface area (Å²) in [6.45, 7) is 3.61. The van der Waals surface area contributed by atoms with Crippen LogP contribution in [0.5, 0.6) is 69.0 Å². The summed E-state index contributed by atoms with van der Waals surface area (Å²) in [5.74, 6) is -17.5. The van der Waals surface area contributed by atoms with E-state index < -0.39 is 271 Å². The Morgan fingerprint density at radius 1 is 0.566 bits per heavy atom. The van der Waals surface area contributed by atoms with E-state index in [0.29, 0.717) is 30.9 Å².